The Kier molecular flexibility index (Phi) is 11.5. The Morgan fingerprint density at radius 1 is 0.864 bits per heavy atom. The summed E-state index contributed by atoms with van der Waals surface area (Å²) in [6.45, 7) is 2.26. The quantitative estimate of drug-likeness (QED) is 0.290. The highest BCUT2D eigenvalue weighted by atomic mass is 16.5. The Morgan fingerprint density at radius 3 is 2.27 bits per heavy atom. The van der Waals surface area contributed by atoms with E-state index in [4.69, 9.17) is 4.74 Å². The molecule has 22 heavy (non-hydrogen) atoms. The Bertz CT molecular complexity index is 395. The standard InChI is InChI=1S/C21H34O/c1-3-4-5-6-7-8-9-10-11-12-13-14-16-20-17-15-18-21(19-20)22-2/h7-8,15,17-19H,3-6,9-14,16H2,1-2H3/b8-7+. The Balaban J connectivity index is 1.93. The van der Waals surface area contributed by atoms with Gasteiger partial charge in [-0.15, -0.1) is 0 Å². The maximum atomic E-state index is 5.26. The van der Waals surface area contributed by atoms with Crippen molar-refractivity contribution < 1.29 is 4.74 Å². The van der Waals surface area contributed by atoms with Crippen LogP contribution in [0.15, 0.2) is 36.4 Å². The van der Waals surface area contributed by atoms with Crippen LogP contribution in [-0.2, 0) is 6.42 Å². The fourth-order valence-corrected chi connectivity index (χ4v) is 2.70. The number of hydrogen-bond acceptors (Lipinski definition) is 1. The van der Waals surface area contributed by atoms with Gasteiger partial charge in [-0.2, -0.15) is 0 Å². The molecule has 0 radical (unpaired) electrons. The van der Waals surface area contributed by atoms with Crippen molar-refractivity contribution in [3.63, 3.8) is 0 Å². The van der Waals surface area contributed by atoms with Crippen molar-refractivity contribution >= 4 is 0 Å². The van der Waals surface area contributed by atoms with Crippen LogP contribution in [0.1, 0.15) is 76.7 Å². The van der Waals surface area contributed by atoms with E-state index in [9.17, 15) is 0 Å². The van der Waals surface area contributed by atoms with Crippen molar-refractivity contribution in [1.82, 2.24) is 0 Å². The average Bonchev–Trinajstić information content (AvgIpc) is 2.56. The normalized spacial score (nSPS) is 11.2. The summed E-state index contributed by atoms with van der Waals surface area (Å²) in [7, 11) is 1.73. The maximum absolute atomic E-state index is 5.26. The highest BCUT2D eigenvalue weighted by Crippen LogP contribution is 2.15. The van der Waals surface area contributed by atoms with E-state index in [1.165, 1.54) is 76.2 Å². The molecule has 0 atom stereocenters. The number of benzene rings is 1. The van der Waals surface area contributed by atoms with E-state index < -0.39 is 0 Å². The summed E-state index contributed by atoms with van der Waals surface area (Å²) in [4.78, 5) is 0. The van der Waals surface area contributed by atoms with Gasteiger partial charge in [-0.05, 0) is 56.2 Å². The highest BCUT2D eigenvalue weighted by Gasteiger charge is 1.96. The summed E-state index contributed by atoms with van der Waals surface area (Å²) < 4.78 is 5.26. The maximum Gasteiger partial charge on any atom is 0.119 e. The molecule has 1 aromatic carbocycles. The third-order valence-corrected chi connectivity index (χ3v) is 4.11. The van der Waals surface area contributed by atoms with E-state index in [0.29, 0.717) is 0 Å². The van der Waals surface area contributed by atoms with Crippen LogP contribution >= 0.6 is 0 Å². The molecule has 0 aromatic heterocycles. The van der Waals surface area contributed by atoms with E-state index in [0.717, 1.165) is 5.75 Å². The number of hydrogen-bond donors (Lipinski definition) is 0. The number of methoxy groups -OCH3 is 1. The molecule has 0 aliphatic heterocycles. The second-order valence-corrected chi connectivity index (χ2v) is 6.13. The summed E-state index contributed by atoms with van der Waals surface area (Å²) in [6, 6.07) is 8.45. The van der Waals surface area contributed by atoms with Crippen LogP contribution < -0.4 is 4.74 Å². The van der Waals surface area contributed by atoms with Gasteiger partial charge in [0.05, 0.1) is 7.11 Å². The Labute approximate surface area is 137 Å². The molecule has 0 saturated heterocycles. The monoisotopic (exact) mass is 302 g/mol. The molecule has 0 saturated carbocycles. The molecule has 0 N–H and O–H groups in total. The van der Waals surface area contributed by atoms with E-state index in [-0.39, 0.29) is 0 Å². The second kappa shape index (κ2) is 13.4. The van der Waals surface area contributed by atoms with Crippen molar-refractivity contribution in [3.8, 4) is 5.75 Å². The molecule has 0 heterocycles. The summed E-state index contributed by atoms with van der Waals surface area (Å²) in [5.41, 5.74) is 1.40. The molecule has 1 heteroatoms. The molecule has 0 spiro atoms. The number of allylic oxidation sites excluding steroid dienone is 2. The zero-order valence-corrected chi connectivity index (χ0v) is 14.7. The average molecular weight is 303 g/mol. The molecule has 0 fully saturated rings. The Hall–Kier alpha value is -1.24. The smallest absolute Gasteiger partial charge is 0.119 e. The molecule has 0 amide bonds. The summed E-state index contributed by atoms with van der Waals surface area (Å²) >= 11 is 0. The number of ether oxygens (including phenoxy) is 1. The molecule has 1 rings (SSSR count). The van der Waals surface area contributed by atoms with Gasteiger partial charge in [0, 0.05) is 0 Å². The zero-order valence-electron chi connectivity index (χ0n) is 14.7. The van der Waals surface area contributed by atoms with Gasteiger partial charge in [0.25, 0.3) is 0 Å². The van der Waals surface area contributed by atoms with Gasteiger partial charge >= 0.3 is 0 Å². The fraction of sp³-hybridized carbons (Fsp3) is 0.619. The lowest BCUT2D eigenvalue weighted by atomic mass is 10.0. The minimum absolute atomic E-state index is 0.975. The van der Waals surface area contributed by atoms with Crippen LogP contribution in [-0.4, -0.2) is 7.11 Å². The van der Waals surface area contributed by atoms with Gasteiger partial charge in [0.1, 0.15) is 5.75 Å². The lowest BCUT2D eigenvalue weighted by Crippen LogP contribution is -1.88. The van der Waals surface area contributed by atoms with Crippen LogP contribution in [0, 0.1) is 0 Å². The predicted octanol–water partition coefficient (Wildman–Crippen LogP) is 6.71. The first-order valence-electron chi connectivity index (χ1n) is 9.14. The highest BCUT2D eigenvalue weighted by molar-refractivity contribution is 5.28. The molecule has 0 aliphatic carbocycles. The van der Waals surface area contributed by atoms with Crippen molar-refractivity contribution in [2.75, 3.05) is 7.11 Å². The molecule has 124 valence electrons. The van der Waals surface area contributed by atoms with Crippen LogP contribution in [0.25, 0.3) is 0 Å². The van der Waals surface area contributed by atoms with Crippen LogP contribution in [0.2, 0.25) is 0 Å². The van der Waals surface area contributed by atoms with E-state index in [1.807, 2.05) is 6.07 Å². The first-order valence-corrected chi connectivity index (χ1v) is 9.14. The number of aryl methyl sites for hydroxylation is 1. The Morgan fingerprint density at radius 2 is 1.55 bits per heavy atom. The predicted molar refractivity (Wildman–Crippen MR) is 97.7 cm³/mol. The van der Waals surface area contributed by atoms with Crippen LogP contribution in [0.3, 0.4) is 0 Å². The second-order valence-electron chi connectivity index (χ2n) is 6.13. The van der Waals surface area contributed by atoms with E-state index >= 15 is 0 Å². The van der Waals surface area contributed by atoms with Crippen molar-refractivity contribution in [1.29, 1.82) is 0 Å². The number of unbranched alkanes of at least 4 members (excludes halogenated alkanes) is 8. The number of rotatable bonds is 13. The van der Waals surface area contributed by atoms with Crippen LogP contribution in [0.5, 0.6) is 5.75 Å². The van der Waals surface area contributed by atoms with Gasteiger partial charge in [0.2, 0.25) is 0 Å². The van der Waals surface area contributed by atoms with E-state index in [1.54, 1.807) is 7.11 Å². The summed E-state index contributed by atoms with van der Waals surface area (Å²) in [6.07, 6.45) is 19.2. The van der Waals surface area contributed by atoms with Crippen molar-refractivity contribution in [3.05, 3.63) is 42.0 Å². The molecule has 1 nitrogen and oxygen atoms in total. The van der Waals surface area contributed by atoms with Gasteiger partial charge < -0.3 is 4.74 Å². The van der Waals surface area contributed by atoms with Crippen molar-refractivity contribution in [2.45, 2.75) is 77.6 Å². The lowest BCUT2D eigenvalue weighted by molar-refractivity contribution is 0.414. The van der Waals surface area contributed by atoms with Gasteiger partial charge in [-0.3, -0.25) is 0 Å². The van der Waals surface area contributed by atoms with Crippen molar-refractivity contribution in [2.24, 2.45) is 0 Å². The topological polar surface area (TPSA) is 9.23 Å². The van der Waals surface area contributed by atoms with Gasteiger partial charge in [-0.25, -0.2) is 0 Å². The van der Waals surface area contributed by atoms with E-state index in [2.05, 4.69) is 37.3 Å². The molecule has 0 bridgehead atoms. The summed E-state index contributed by atoms with van der Waals surface area (Å²) in [5.74, 6) is 0.975. The lowest BCUT2D eigenvalue weighted by Gasteiger charge is -2.04. The first kappa shape index (κ1) is 18.8. The minimum atomic E-state index is 0.975. The molecule has 0 aliphatic rings. The SMILES string of the molecule is CCCCC/C=C/CCCCCCCc1cccc(OC)c1. The third kappa shape index (κ3) is 9.65. The molecular formula is C21H34O. The van der Waals surface area contributed by atoms with Gasteiger partial charge in [-0.1, -0.05) is 63.3 Å². The first-order chi connectivity index (χ1) is 10.9. The molecular weight excluding hydrogens is 268 g/mol. The van der Waals surface area contributed by atoms with Gasteiger partial charge in [0.15, 0.2) is 0 Å². The zero-order chi connectivity index (χ0) is 15.9. The minimum Gasteiger partial charge on any atom is -0.497 e. The molecule has 0 unspecified atom stereocenters. The fourth-order valence-electron chi connectivity index (χ4n) is 2.70. The summed E-state index contributed by atoms with van der Waals surface area (Å²) in [5, 5.41) is 0. The largest absolute Gasteiger partial charge is 0.497 e. The van der Waals surface area contributed by atoms with Crippen LogP contribution in [0.4, 0.5) is 0 Å². The third-order valence-electron chi connectivity index (χ3n) is 4.11. The molecule has 1 aromatic rings.